The molecule has 2 unspecified atom stereocenters. The molecular formula is C6H12N2O2. The Morgan fingerprint density at radius 1 is 1.80 bits per heavy atom. The number of nitrogens with zero attached hydrogens (tertiary/aromatic N) is 1. The van der Waals surface area contributed by atoms with Crippen LogP contribution < -0.4 is 5.32 Å². The van der Waals surface area contributed by atoms with Gasteiger partial charge in [0.15, 0.2) is 0 Å². The number of morpholine rings is 1. The molecule has 4 heteroatoms. The lowest BCUT2D eigenvalue weighted by atomic mass is 10.2. The van der Waals surface area contributed by atoms with Crippen LogP contribution in [0.25, 0.3) is 0 Å². The molecule has 1 rings (SSSR count). The molecule has 0 amide bonds. The Labute approximate surface area is 59.9 Å². The first-order chi connectivity index (χ1) is 4.66. The zero-order chi connectivity index (χ0) is 7.61. The quantitative estimate of drug-likeness (QED) is 0.544. The molecule has 1 N–H and O–H groups in total. The predicted octanol–water partition coefficient (Wildman–Crippen LogP) is 0.477. The van der Waals surface area contributed by atoms with Crippen LogP contribution >= 0.6 is 0 Å². The van der Waals surface area contributed by atoms with Crippen molar-refractivity contribution in [3.8, 4) is 0 Å². The average Bonchev–Trinajstić information content (AvgIpc) is 1.88. The highest BCUT2D eigenvalue weighted by molar-refractivity contribution is 4.80. The second-order valence-electron chi connectivity index (χ2n) is 2.83. The monoisotopic (exact) mass is 144 g/mol. The number of ether oxygens (including phenoxy) is 1. The first-order valence-corrected chi connectivity index (χ1v) is 3.39. The lowest BCUT2D eigenvalue weighted by Gasteiger charge is -2.31. The van der Waals surface area contributed by atoms with Crippen LogP contribution in [0.5, 0.6) is 0 Å². The fraction of sp³-hybridized carbons (Fsp3) is 1.00. The molecule has 1 aliphatic rings. The van der Waals surface area contributed by atoms with Crippen molar-refractivity contribution in [2.75, 3.05) is 13.1 Å². The molecule has 0 aromatic heterocycles. The van der Waals surface area contributed by atoms with Gasteiger partial charge in [-0.2, -0.15) is 0 Å². The molecule has 0 radical (unpaired) electrons. The topological polar surface area (TPSA) is 50.7 Å². The van der Waals surface area contributed by atoms with Gasteiger partial charge in [-0.05, 0) is 19.0 Å². The van der Waals surface area contributed by atoms with Gasteiger partial charge >= 0.3 is 0 Å². The molecule has 0 aliphatic carbocycles. The van der Waals surface area contributed by atoms with Crippen molar-refractivity contribution in [2.45, 2.75) is 25.7 Å². The van der Waals surface area contributed by atoms with Gasteiger partial charge in [-0.3, -0.25) is 0 Å². The molecule has 1 heterocycles. The molecule has 4 nitrogen and oxygen atoms in total. The number of nitrogens with one attached hydrogen (secondary N) is 1. The first kappa shape index (κ1) is 7.63. The summed E-state index contributed by atoms with van der Waals surface area (Å²) in [5.41, 5.74) is -0.850. The molecule has 0 spiro atoms. The SMILES string of the molecule is CC1CNCC(C)(N=O)O1. The van der Waals surface area contributed by atoms with Crippen molar-refractivity contribution in [3.05, 3.63) is 4.91 Å². The van der Waals surface area contributed by atoms with E-state index in [1.165, 1.54) is 0 Å². The molecule has 1 aliphatic heterocycles. The minimum atomic E-state index is -0.850. The van der Waals surface area contributed by atoms with Gasteiger partial charge in [-0.15, -0.1) is 4.91 Å². The Morgan fingerprint density at radius 2 is 2.50 bits per heavy atom. The van der Waals surface area contributed by atoms with Gasteiger partial charge in [0.1, 0.15) is 0 Å². The molecule has 10 heavy (non-hydrogen) atoms. The second-order valence-corrected chi connectivity index (χ2v) is 2.83. The van der Waals surface area contributed by atoms with Crippen LogP contribution in [0, 0.1) is 4.91 Å². The van der Waals surface area contributed by atoms with Gasteiger partial charge in [-0.25, -0.2) is 0 Å². The van der Waals surface area contributed by atoms with Crippen LogP contribution in [0.1, 0.15) is 13.8 Å². The van der Waals surface area contributed by atoms with Gasteiger partial charge in [0, 0.05) is 13.1 Å². The summed E-state index contributed by atoms with van der Waals surface area (Å²) in [4.78, 5) is 10.2. The average molecular weight is 144 g/mol. The van der Waals surface area contributed by atoms with Crippen LogP contribution in [-0.4, -0.2) is 24.9 Å². The lowest BCUT2D eigenvalue weighted by Crippen LogP contribution is -2.49. The zero-order valence-corrected chi connectivity index (χ0v) is 6.26. The largest absolute Gasteiger partial charge is 0.345 e. The molecule has 2 atom stereocenters. The van der Waals surface area contributed by atoms with E-state index in [0.717, 1.165) is 6.54 Å². The Morgan fingerprint density at radius 3 is 2.90 bits per heavy atom. The van der Waals surface area contributed by atoms with Gasteiger partial charge in [0.25, 0.3) is 0 Å². The highest BCUT2D eigenvalue weighted by atomic mass is 16.5. The molecule has 0 saturated carbocycles. The Hall–Kier alpha value is -0.480. The predicted molar refractivity (Wildman–Crippen MR) is 37.6 cm³/mol. The maximum Gasteiger partial charge on any atom is 0.209 e. The third-order valence-corrected chi connectivity index (χ3v) is 1.53. The third kappa shape index (κ3) is 1.52. The van der Waals surface area contributed by atoms with Crippen LogP contribution in [-0.2, 0) is 4.74 Å². The summed E-state index contributed by atoms with van der Waals surface area (Å²) in [6, 6.07) is 0. The van der Waals surface area contributed by atoms with Crippen molar-refractivity contribution in [1.82, 2.24) is 5.32 Å². The van der Waals surface area contributed by atoms with E-state index in [2.05, 4.69) is 10.5 Å². The van der Waals surface area contributed by atoms with Crippen LogP contribution in [0.15, 0.2) is 5.18 Å². The molecule has 0 aromatic carbocycles. The van der Waals surface area contributed by atoms with Gasteiger partial charge in [0.2, 0.25) is 5.72 Å². The molecule has 0 aromatic rings. The maximum atomic E-state index is 10.2. The fourth-order valence-corrected chi connectivity index (χ4v) is 1.08. The minimum Gasteiger partial charge on any atom is -0.345 e. The number of hydrogen-bond acceptors (Lipinski definition) is 4. The van der Waals surface area contributed by atoms with E-state index in [1.54, 1.807) is 6.92 Å². The fourth-order valence-electron chi connectivity index (χ4n) is 1.08. The minimum absolute atomic E-state index is 0.0800. The molecule has 58 valence electrons. The molecular weight excluding hydrogens is 132 g/mol. The smallest absolute Gasteiger partial charge is 0.209 e. The van der Waals surface area contributed by atoms with E-state index in [1.807, 2.05) is 6.92 Å². The van der Waals surface area contributed by atoms with E-state index < -0.39 is 5.72 Å². The second kappa shape index (κ2) is 2.64. The van der Waals surface area contributed by atoms with Crippen molar-refractivity contribution >= 4 is 0 Å². The van der Waals surface area contributed by atoms with Crippen LogP contribution in [0.3, 0.4) is 0 Å². The van der Waals surface area contributed by atoms with Gasteiger partial charge in [0.05, 0.1) is 6.10 Å². The third-order valence-electron chi connectivity index (χ3n) is 1.53. The van der Waals surface area contributed by atoms with Crippen molar-refractivity contribution < 1.29 is 4.74 Å². The number of rotatable bonds is 1. The van der Waals surface area contributed by atoms with E-state index >= 15 is 0 Å². The summed E-state index contributed by atoms with van der Waals surface area (Å²) in [7, 11) is 0. The van der Waals surface area contributed by atoms with E-state index in [0.29, 0.717) is 6.54 Å². The zero-order valence-electron chi connectivity index (χ0n) is 6.26. The van der Waals surface area contributed by atoms with Crippen LogP contribution in [0.4, 0.5) is 0 Å². The van der Waals surface area contributed by atoms with E-state index in [4.69, 9.17) is 4.74 Å². The summed E-state index contributed by atoms with van der Waals surface area (Å²) in [6.45, 7) is 4.91. The Balaban J connectivity index is 2.53. The van der Waals surface area contributed by atoms with E-state index in [-0.39, 0.29) is 6.10 Å². The Kier molecular flexibility index (Phi) is 2.01. The van der Waals surface area contributed by atoms with Gasteiger partial charge < -0.3 is 10.1 Å². The van der Waals surface area contributed by atoms with Crippen molar-refractivity contribution in [1.29, 1.82) is 0 Å². The van der Waals surface area contributed by atoms with Gasteiger partial charge in [-0.1, -0.05) is 0 Å². The maximum absolute atomic E-state index is 10.2. The Bertz CT molecular complexity index is 140. The number of hydrogen-bond donors (Lipinski definition) is 1. The highest BCUT2D eigenvalue weighted by Gasteiger charge is 2.31. The van der Waals surface area contributed by atoms with Crippen LogP contribution in [0.2, 0.25) is 0 Å². The summed E-state index contributed by atoms with van der Waals surface area (Å²) in [6.07, 6.45) is 0.0800. The van der Waals surface area contributed by atoms with Crippen molar-refractivity contribution in [2.24, 2.45) is 5.18 Å². The molecule has 1 fully saturated rings. The summed E-state index contributed by atoms with van der Waals surface area (Å²) in [5.74, 6) is 0. The summed E-state index contributed by atoms with van der Waals surface area (Å²) in [5, 5.41) is 5.95. The molecule has 1 saturated heterocycles. The lowest BCUT2D eigenvalue weighted by molar-refractivity contribution is -0.0924. The van der Waals surface area contributed by atoms with E-state index in [9.17, 15) is 4.91 Å². The number of nitroso groups, excluding NO2 is 1. The normalized spacial score (nSPS) is 41.2. The molecule has 0 bridgehead atoms. The first-order valence-electron chi connectivity index (χ1n) is 3.39. The highest BCUT2D eigenvalue weighted by Crippen LogP contribution is 2.16. The van der Waals surface area contributed by atoms with Crippen molar-refractivity contribution in [3.63, 3.8) is 0 Å². The summed E-state index contributed by atoms with van der Waals surface area (Å²) >= 11 is 0. The standard InChI is InChI=1S/C6H12N2O2/c1-5-3-7-4-6(2,8-9)10-5/h5,7H,3-4H2,1-2H3. The summed E-state index contributed by atoms with van der Waals surface area (Å²) < 4.78 is 5.28.